The van der Waals surface area contributed by atoms with Gasteiger partial charge in [-0.15, -0.1) is 11.3 Å². The number of nitrogens with zero attached hydrogens (tertiary/aromatic N) is 1. The molecule has 1 aromatic carbocycles. The predicted octanol–water partition coefficient (Wildman–Crippen LogP) is 3.59. The van der Waals surface area contributed by atoms with E-state index in [2.05, 4.69) is 0 Å². The number of amides is 1. The highest BCUT2D eigenvalue weighted by Gasteiger charge is 2.35. The molecule has 2 N–H and O–H groups in total. The lowest BCUT2D eigenvalue weighted by Gasteiger charge is -2.25. The number of hydrogen-bond donors (Lipinski definition) is 1. The van der Waals surface area contributed by atoms with E-state index < -0.39 is 6.04 Å². The third-order valence-electron chi connectivity index (χ3n) is 3.65. The monoisotopic (exact) mass is 320 g/mol. The Hall–Kier alpha value is -1.36. The van der Waals surface area contributed by atoms with Gasteiger partial charge in [-0.25, -0.2) is 0 Å². The fourth-order valence-electron chi connectivity index (χ4n) is 2.33. The number of halogens is 1. The average molecular weight is 321 g/mol. The topological polar surface area (TPSA) is 46.3 Å². The third kappa shape index (κ3) is 3.46. The van der Waals surface area contributed by atoms with Crippen molar-refractivity contribution in [3.63, 3.8) is 0 Å². The van der Waals surface area contributed by atoms with Crippen molar-refractivity contribution in [1.29, 1.82) is 0 Å². The van der Waals surface area contributed by atoms with Crippen LogP contribution in [0.1, 0.15) is 29.3 Å². The fourth-order valence-corrected chi connectivity index (χ4v) is 3.17. The zero-order valence-electron chi connectivity index (χ0n) is 11.5. The van der Waals surface area contributed by atoms with Gasteiger partial charge in [0.2, 0.25) is 5.91 Å². The lowest BCUT2D eigenvalue weighted by atomic mass is 10.1. The first-order valence-corrected chi connectivity index (χ1v) is 8.25. The summed E-state index contributed by atoms with van der Waals surface area (Å²) in [6.45, 7) is 0.597. The van der Waals surface area contributed by atoms with E-state index in [0.717, 1.165) is 23.3 Å². The lowest BCUT2D eigenvalue weighted by Crippen LogP contribution is -2.39. The Kier molecular flexibility index (Phi) is 4.29. The molecule has 0 bridgehead atoms. The van der Waals surface area contributed by atoms with Gasteiger partial charge in [-0.3, -0.25) is 4.79 Å². The second-order valence-electron chi connectivity index (χ2n) is 5.32. The van der Waals surface area contributed by atoms with E-state index >= 15 is 0 Å². The van der Waals surface area contributed by atoms with E-state index in [1.165, 1.54) is 11.3 Å². The van der Waals surface area contributed by atoms with Gasteiger partial charge in [0.05, 0.1) is 0 Å². The predicted molar refractivity (Wildman–Crippen MR) is 86.3 cm³/mol. The van der Waals surface area contributed by atoms with Crippen LogP contribution in [0.3, 0.4) is 0 Å². The first kappa shape index (κ1) is 14.6. The summed E-state index contributed by atoms with van der Waals surface area (Å²) in [7, 11) is 0. The Labute approximate surface area is 133 Å². The summed E-state index contributed by atoms with van der Waals surface area (Å²) in [5, 5.41) is 2.65. The molecule has 0 radical (unpaired) electrons. The van der Waals surface area contributed by atoms with Crippen LogP contribution in [0.15, 0.2) is 41.8 Å². The van der Waals surface area contributed by atoms with Crippen molar-refractivity contribution in [1.82, 2.24) is 4.90 Å². The van der Waals surface area contributed by atoms with Crippen molar-refractivity contribution in [3.8, 4) is 0 Å². The van der Waals surface area contributed by atoms with Crippen LogP contribution in [0, 0.1) is 0 Å². The van der Waals surface area contributed by atoms with Crippen molar-refractivity contribution < 1.29 is 4.79 Å². The largest absolute Gasteiger partial charge is 0.334 e. The Bertz CT molecular complexity index is 608. The highest BCUT2D eigenvalue weighted by Crippen LogP contribution is 2.31. The minimum absolute atomic E-state index is 0.00917. The Morgan fingerprint density at radius 2 is 2.05 bits per heavy atom. The van der Waals surface area contributed by atoms with E-state index in [1.807, 2.05) is 46.7 Å². The van der Waals surface area contributed by atoms with E-state index in [4.69, 9.17) is 17.3 Å². The van der Waals surface area contributed by atoms with E-state index in [9.17, 15) is 4.79 Å². The fraction of sp³-hybridized carbons (Fsp3) is 0.312. The molecule has 1 aliphatic rings. The van der Waals surface area contributed by atoms with E-state index in [0.29, 0.717) is 17.6 Å². The highest BCUT2D eigenvalue weighted by atomic mass is 35.5. The van der Waals surface area contributed by atoms with E-state index in [-0.39, 0.29) is 5.91 Å². The zero-order chi connectivity index (χ0) is 14.8. The van der Waals surface area contributed by atoms with Gasteiger partial charge < -0.3 is 10.6 Å². The summed E-state index contributed by atoms with van der Waals surface area (Å²) in [6.07, 6.45) is 2.13. The molecule has 1 aromatic heterocycles. The summed E-state index contributed by atoms with van der Waals surface area (Å²) in [4.78, 5) is 15.5. The van der Waals surface area contributed by atoms with Gasteiger partial charge in [0.25, 0.3) is 0 Å². The number of rotatable bonds is 5. The standard InChI is InChI=1S/C16H17ClN2OS/c17-12-5-3-11(4-6-12)10-19(13-7-8-13)16(20)15(18)14-2-1-9-21-14/h1-6,9,13,15H,7-8,10,18H2. The van der Waals surface area contributed by atoms with Crippen LogP contribution in [0.2, 0.25) is 5.02 Å². The maximum Gasteiger partial charge on any atom is 0.245 e. The first-order chi connectivity index (χ1) is 10.1. The molecule has 3 nitrogen and oxygen atoms in total. The molecule has 1 atom stereocenters. The molecule has 0 saturated heterocycles. The molecule has 5 heteroatoms. The number of carbonyl (C=O) groups excluding carboxylic acids is 1. The summed E-state index contributed by atoms with van der Waals surface area (Å²) in [6, 6.07) is 11.2. The minimum atomic E-state index is -0.557. The maximum atomic E-state index is 12.7. The molecule has 110 valence electrons. The van der Waals surface area contributed by atoms with E-state index in [1.54, 1.807) is 0 Å². The summed E-state index contributed by atoms with van der Waals surface area (Å²) >= 11 is 7.43. The molecule has 0 spiro atoms. The number of hydrogen-bond acceptors (Lipinski definition) is 3. The van der Waals surface area contributed by atoms with Crippen molar-refractivity contribution in [2.45, 2.75) is 31.5 Å². The molecule has 1 fully saturated rings. The highest BCUT2D eigenvalue weighted by molar-refractivity contribution is 7.10. The quantitative estimate of drug-likeness (QED) is 0.915. The molecule has 1 amide bonds. The Morgan fingerprint density at radius 1 is 1.33 bits per heavy atom. The van der Waals surface area contributed by atoms with Crippen molar-refractivity contribution in [2.24, 2.45) is 5.73 Å². The normalized spacial score (nSPS) is 15.7. The smallest absolute Gasteiger partial charge is 0.245 e. The van der Waals surface area contributed by atoms with Crippen LogP contribution in [0.25, 0.3) is 0 Å². The summed E-state index contributed by atoms with van der Waals surface area (Å²) < 4.78 is 0. The lowest BCUT2D eigenvalue weighted by molar-refractivity contribution is -0.133. The number of benzene rings is 1. The molecule has 1 unspecified atom stereocenters. The minimum Gasteiger partial charge on any atom is -0.334 e. The zero-order valence-corrected chi connectivity index (χ0v) is 13.1. The SMILES string of the molecule is NC(C(=O)N(Cc1ccc(Cl)cc1)C1CC1)c1cccs1. The van der Waals surface area contributed by atoms with Crippen LogP contribution in [0.4, 0.5) is 0 Å². The van der Waals surface area contributed by atoms with Crippen molar-refractivity contribution >= 4 is 28.8 Å². The van der Waals surface area contributed by atoms with Gasteiger partial charge in [-0.2, -0.15) is 0 Å². The van der Waals surface area contributed by atoms with Gasteiger partial charge in [0.15, 0.2) is 0 Å². The van der Waals surface area contributed by atoms with Crippen LogP contribution < -0.4 is 5.73 Å². The second-order valence-corrected chi connectivity index (χ2v) is 6.73. The molecule has 2 aromatic rings. The molecular formula is C16H17ClN2OS. The third-order valence-corrected chi connectivity index (χ3v) is 4.86. The van der Waals surface area contributed by atoms with Gasteiger partial charge >= 0.3 is 0 Å². The molecule has 0 aliphatic heterocycles. The molecule has 3 rings (SSSR count). The Balaban J connectivity index is 1.75. The number of nitrogens with two attached hydrogens (primary N) is 1. The molecule has 1 saturated carbocycles. The number of carbonyl (C=O) groups is 1. The van der Waals surface area contributed by atoms with Crippen molar-refractivity contribution in [2.75, 3.05) is 0 Å². The van der Waals surface area contributed by atoms with Crippen LogP contribution in [0.5, 0.6) is 0 Å². The van der Waals surface area contributed by atoms with Crippen LogP contribution in [-0.2, 0) is 11.3 Å². The maximum absolute atomic E-state index is 12.7. The number of thiophene rings is 1. The Morgan fingerprint density at radius 3 is 2.62 bits per heavy atom. The summed E-state index contributed by atoms with van der Waals surface area (Å²) in [5.74, 6) is 0.00917. The van der Waals surface area contributed by atoms with Gasteiger partial charge in [0.1, 0.15) is 6.04 Å². The molecule has 21 heavy (non-hydrogen) atoms. The van der Waals surface area contributed by atoms with Crippen molar-refractivity contribution in [3.05, 3.63) is 57.2 Å². The summed E-state index contributed by atoms with van der Waals surface area (Å²) in [5.41, 5.74) is 7.21. The second kappa shape index (κ2) is 6.18. The molecule has 1 aliphatic carbocycles. The van der Waals surface area contributed by atoms with Crippen LogP contribution >= 0.6 is 22.9 Å². The molecule has 1 heterocycles. The molecular weight excluding hydrogens is 304 g/mol. The van der Waals surface area contributed by atoms with Gasteiger partial charge in [-0.05, 0) is 42.0 Å². The average Bonchev–Trinajstić information content (AvgIpc) is 3.18. The van der Waals surface area contributed by atoms with Gasteiger partial charge in [0, 0.05) is 22.5 Å². The van der Waals surface area contributed by atoms with Crippen LogP contribution in [-0.4, -0.2) is 16.8 Å². The first-order valence-electron chi connectivity index (χ1n) is 6.99. The van der Waals surface area contributed by atoms with Gasteiger partial charge in [-0.1, -0.05) is 29.8 Å².